The summed E-state index contributed by atoms with van der Waals surface area (Å²) in [5, 5.41) is 5.59. The van der Waals surface area contributed by atoms with E-state index in [9.17, 15) is 4.79 Å². The van der Waals surface area contributed by atoms with E-state index in [1.165, 1.54) is 4.88 Å². The average molecular weight is 313 g/mol. The molecule has 0 radical (unpaired) electrons. The van der Waals surface area contributed by atoms with Gasteiger partial charge in [-0.15, -0.1) is 11.3 Å². The molecule has 2 unspecified atom stereocenters. The monoisotopic (exact) mass is 312 g/mol. The van der Waals surface area contributed by atoms with Crippen LogP contribution in [0.1, 0.15) is 38.7 Å². The molecule has 0 spiro atoms. The van der Waals surface area contributed by atoms with Crippen molar-refractivity contribution in [3.05, 3.63) is 22.4 Å². The van der Waals surface area contributed by atoms with Gasteiger partial charge in [-0.05, 0) is 37.5 Å². The van der Waals surface area contributed by atoms with Crippen molar-refractivity contribution in [2.75, 3.05) is 12.8 Å². The van der Waals surface area contributed by atoms with Crippen molar-refractivity contribution in [3.8, 4) is 0 Å². The maximum absolute atomic E-state index is 12.7. The Hall–Kier alpha value is -0.520. The standard InChI is InChI=1S/C15H24N2OS2/c1-10(2)12-14(18)17(9-15(3,4)19-5)13(16-12)11-7-6-8-20-11/h6-8,10,12-13,16H,9H2,1-5H3. The Kier molecular flexibility index (Phi) is 4.82. The van der Waals surface area contributed by atoms with E-state index in [2.05, 4.69) is 50.7 Å². The number of carbonyl (C=O) groups excluding carboxylic acids is 1. The van der Waals surface area contributed by atoms with Crippen LogP contribution in [0.4, 0.5) is 0 Å². The molecule has 3 nitrogen and oxygen atoms in total. The van der Waals surface area contributed by atoms with Crippen molar-refractivity contribution >= 4 is 29.0 Å². The molecule has 1 saturated heterocycles. The first-order chi connectivity index (χ1) is 9.35. The summed E-state index contributed by atoms with van der Waals surface area (Å²) >= 11 is 3.52. The molecule has 1 fully saturated rings. The highest BCUT2D eigenvalue weighted by Crippen LogP contribution is 2.34. The number of thiophene rings is 1. The van der Waals surface area contributed by atoms with Crippen molar-refractivity contribution in [1.82, 2.24) is 10.2 Å². The van der Waals surface area contributed by atoms with Crippen LogP contribution in [-0.4, -0.2) is 34.4 Å². The summed E-state index contributed by atoms with van der Waals surface area (Å²) in [5.74, 6) is 0.549. The molecule has 1 amide bonds. The third-order valence-corrected chi connectivity index (χ3v) is 5.94. The molecule has 1 aromatic heterocycles. The van der Waals surface area contributed by atoms with Crippen LogP contribution in [0.25, 0.3) is 0 Å². The van der Waals surface area contributed by atoms with Gasteiger partial charge in [0.25, 0.3) is 0 Å². The van der Waals surface area contributed by atoms with Crippen molar-refractivity contribution < 1.29 is 4.79 Å². The minimum absolute atomic E-state index is 0.0290. The predicted octanol–water partition coefficient (Wildman–Crippen LogP) is 3.34. The first-order valence-corrected chi connectivity index (χ1v) is 9.11. The Balaban J connectivity index is 2.26. The fourth-order valence-electron chi connectivity index (χ4n) is 2.44. The fourth-order valence-corrected chi connectivity index (χ4v) is 3.51. The van der Waals surface area contributed by atoms with E-state index < -0.39 is 0 Å². The van der Waals surface area contributed by atoms with E-state index in [1.807, 2.05) is 11.0 Å². The minimum Gasteiger partial charge on any atom is -0.319 e. The Bertz CT molecular complexity index is 456. The van der Waals surface area contributed by atoms with Crippen LogP contribution in [0.2, 0.25) is 0 Å². The quantitative estimate of drug-likeness (QED) is 0.905. The summed E-state index contributed by atoms with van der Waals surface area (Å²) in [6.07, 6.45) is 2.13. The Morgan fingerprint density at radius 2 is 2.20 bits per heavy atom. The minimum atomic E-state index is -0.0697. The molecule has 0 aliphatic carbocycles. The van der Waals surface area contributed by atoms with Gasteiger partial charge in [-0.3, -0.25) is 10.1 Å². The van der Waals surface area contributed by atoms with Gasteiger partial charge in [0.05, 0.1) is 6.04 Å². The number of amides is 1. The first kappa shape index (κ1) is 15.9. The van der Waals surface area contributed by atoms with Crippen molar-refractivity contribution in [3.63, 3.8) is 0 Å². The van der Waals surface area contributed by atoms with Gasteiger partial charge in [0.1, 0.15) is 6.17 Å². The number of hydrogen-bond acceptors (Lipinski definition) is 4. The summed E-state index contributed by atoms with van der Waals surface area (Å²) in [6, 6.07) is 4.09. The zero-order valence-electron chi connectivity index (χ0n) is 12.8. The van der Waals surface area contributed by atoms with Crippen molar-refractivity contribution in [2.24, 2.45) is 5.92 Å². The molecule has 1 aliphatic rings. The summed E-state index contributed by atoms with van der Waals surface area (Å²) in [4.78, 5) is 15.9. The largest absolute Gasteiger partial charge is 0.319 e. The van der Waals surface area contributed by atoms with Gasteiger partial charge in [0.2, 0.25) is 5.91 Å². The first-order valence-electron chi connectivity index (χ1n) is 7.01. The van der Waals surface area contributed by atoms with Crippen LogP contribution in [0, 0.1) is 5.92 Å². The van der Waals surface area contributed by atoms with Gasteiger partial charge in [-0.25, -0.2) is 0 Å². The second-order valence-corrected chi connectivity index (χ2v) is 8.73. The van der Waals surface area contributed by atoms with E-state index in [0.29, 0.717) is 5.92 Å². The molecule has 112 valence electrons. The molecule has 0 saturated carbocycles. The second-order valence-electron chi connectivity index (χ2n) is 6.24. The van der Waals surface area contributed by atoms with Gasteiger partial charge in [0.15, 0.2) is 0 Å². The smallest absolute Gasteiger partial charge is 0.241 e. The molecular formula is C15H24N2OS2. The van der Waals surface area contributed by atoms with Gasteiger partial charge in [-0.1, -0.05) is 19.9 Å². The maximum atomic E-state index is 12.7. The highest BCUT2D eigenvalue weighted by molar-refractivity contribution is 7.99. The van der Waals surface area contributed by atoms with E-state index >= 15 is 0 Å². The van der Waals surface area contributed by atoms with E-state index in [0.717, 1.165) is 6.54 Å². The van der Waals surface area contributed by atoms with E-state index in [4.69, 9.17) is 0 Å². The van der Waals surface area contributed by atoms with Gasteiger partial charge in [-0.2, -0.15) is 11.8 Å². The molecule has 0 bridgehead atoms. The number of thioether (sulfide) groups is 1. The van der Waals surface area contributed by atoms with Crippen LogP contribution >= 0.6 is 23.1 Å². The topological polar surface area (TPSA) is 32.3 Å². The molecular weight excluding hydrogens is 288 g/mol. The third kappa shape index (κ3) is 3.21. The summed E-state index contributed by atoms with van der Waals surface area (Å²) in [7, 11) is 0. The Labute approximate surface area is 130 Å². The summed E-state index contributed by atoms with van der Waals surface area (Å²) < 4.78 is 0.0682. The second kappa shape index (κ2) is 6.08. The number of nitrogens with zero attached hydrogens (tertiary/aromatic N) is 1. The van der Waals surface area contributed by atoms with Gasteiger partial charge < -0.3 is 4.90 Å². The third-order valence-electron chi connectivity index (χ3n) is 3.78. The van der Waals surface area contributed by atoms with Crippen LogP contribution in [0.3, 0.4) is 0 Å². The summed E-state index contributed by atoms with van der Waals surface area (Å²) in [6.45, 7) is 9.36. The zero-order chi connectivity index (χ0) is 14.9. The van der Waals surface area contributed by atoms with Crippen LogP contribution in [-0.2, 0) is 4.79 Å². The van der Waals surface area contributed by atoms with Crippen LogP contribution < -0.4 is 5.32 Å². The molecule has 2 atom stereocenters. The molecule has 20 heavy (non-hydrogen) atoms. The molecule has 0 aromatic carbocycles. The molecule has 1 aliphatic heterocycles. The lowest BCUT2D eigenvalue weighted by Gasteiger charge is -2.32. The van der Waals surface area contributed by atoms with Crippen LogP contribution in [0.5, 0.6) is 0 Å². The zero-order valence-corrected chi connectivity index (χ0v) is 14.5. The molecule has 2 heterocycles. The van der Waals surface area contributed by atoms with Crippen molar-refractivity contribution in [1.29, 1.82) is 0 Å². The average Bonchev–Trinajstić information content (AvgIpc) is 2.99. The fraction of sp³-hybridized carbons (Fsp3) is 0.667. The highest BCUT2D eigenvalue weighted by atomic mass is 32.2. The van der Waals surface area contributed by atoms with E-state index in [-0.39, 0.29) is 22.9 Å². The Morgan fingerprint density at radius 3 is 2.70 bits per heavy atom. The highest BCUT2D eigenvalue weighted by Gasteiger charge is 2.43. The molecule has 5 heteroatoms. The maximum Gasteiger partial charge on any atom is 0.241 e. The van der Waals surface area contributed by atoms with E-state index in [1.54, 1.807) is 23.1 Å². The predicted molar refractivity (Wildman–Crippen MR) is 88.1 cm³/mol. The number of hydrogen-bond donors (Lipinski definition) is 1. The number of rotatable bonds is 5. The van der Waals surface area contributed by atoms with Gasteiger partial charge in [0, 0.05) is 16.2 Å². The SMILES string of the molecule is CSC(C)(C)CN1C(=O)C(C(C)C)NC1c1cccs1. The lowest BCUT2D eigenvalue weighted by Crippen LogP contribution is -2.40. The lowest BCUT2D eigenvalue weighted by molar-refractivity contribution is -0.131. The molecule has 1 N–H and O–H groups in total. The normalized spacial score (nSPS) is 23.9. The lowest BCUT2D eigenvalue weighted by atomic mass is 10.0. The van der Waals surface area contributed by atoms with Crippen molar-refractivity contribution in [2.45, 2.75) is 44.6 Å². The Morgan fingerprint density at radius 1 is 1.50 bits per heavy atom. The van der Waals surface area contributed by atoms with Crippen LogP contribution in [0.15, 0.2) is 17.5 Å². The number of carbonyl (C=O) groups is 1. The van der Waals surface area contributed by atoms with Gasteiger partial charge >= 0.3 is 0 Å². The number of nitrogens with one attached hydrogen (secondary N) is 1. The molecule has 1 aromatic rings. The summed E-state index contributed by atoms with van der Waals surface area (Å²) in [5.41, 5.74) is 0. The molecule has 2 rings (SSSR count).